The van der Waals surface area contributed by atoms with E-state index in [1.54, 1.807) is 6.07 Å². The van der Waals surface area contributed by atoms with E-state index in [0.29, 0.717) is 5.02 Å². The maximum absolute atomic E-state index is 13.3. The van der Waals surface area contributed by atoms with Crippen LogP contribution < -0.4 is 5.73 Å². The summed E-state index contributed by atoms with van der Waals surface area (Å²) in [4.78, 5) is 0. The summed E-state index contributed by atoms with van der Waals surface area (Å²) in [7, 11) is 0. The zero-order valence-corrected chi connectivity index (χ0v) is 12.7. The number of hydrogen-bond acceptors (Lipinski definition) is 1. The van der Waals surface area contributed by atoms with E-state index < -0.39 is 0 Å². The predicted molar refractivity (Wildman–Crippen MR) is 81.3 cm³/mol. The zero-order valence-electron chi connectivity index (χ0n) is 9.75. The third kappa shape index (κ3) is 2.84. The molecule has 2 aromatic rings. The lowest BCUT2D eigenvalue weighted by atomic mass is 9.96. The molecule has 2 aromatic carbocycles. The highest BCUT2D eigenvalue weighted by Crippen LogP contribution is 2.27. The van der Waals surface area contributed by atoms with E-state index in [9.17, 15) is 4.39 Å². The molecule has 1 unspecified atom stereocenters. The smallest absolute Gasteiger partial charge is 0.123 e. The molecule has 0 fully saturated rings. The van der Waals surface area contributed by atoms with Crippen LogP contribution in [0.4, 0.5) is 4.39 Å². The van der Waals surface area contributed by atoms with E-state index in [1.165, 1.54) is 12.1 Å². The van der Waals surface area contributed by atoms with Gasteiger partial charge >= 0.3 is 0 Å². The topological polar surface area (TPSA) is 26.0 Å². The van der Waals surface area contributed by atoms with Gasteiger partial charge in [0.25, 0.3) is 0 Å². The molecule has 18 heavy (non-hydrogen) atoms. The molecular formula is C14H12ClFIN. The van der Waals surface area contributed by atoms with Gasteiger partial charge in [-0.15, -0.1) is 0 Å². The summed E-state index contributed by atoms with van der Waals surface area (Å²) in [5, 5.41) is 0.664. The zero-order chi connectivity index (χ0) is 13.3. The SMILES string of the molecule is Cc1ccc(F)cc1C(N)c1ccc(I)c(Cl)c1. The number of nitrogens with two attached hydrogens (primary N) is 1. The van der Waals surface area contributed by atoms with Crippen LogP contribution >= 0.6 is 34.2 Å². The number of rotatable bonds is 2. The lowest BCUT2D eigenvalue weighted by Gasteiger charge is -2.16. The Morgan fingerprint density at radius 2 is 1.94 bits per heavy atom. The van der Waals surface area contributed by atoms with Crippen molar-refractivity contribution in [2.75, 3.05) is 0 Å². The first kappa shape index (κ1) is 13.8. The maximum Gasteiger partial charge on any atom is 0.123 e. The van der Waals surface area contributed by atoms with Crippen molar-refractivity contribution in [1.29, 1.82) is 0 Å². The minimum atomic E-state index is -0.366. The second-order valence-corrected chi connectivity index (χ2v) is 5.72. The van der Waals surface area contributed by atoms with Crippen LogP contribution in [0.2, 0.25) is 5.02 Å². The Kier molecular flexibility index (Phi) is 4.25. The Labute approximate surface area is 124 Å². The van der Waals surface area contributed by atoms with E-state index in [0.717, 1.165) is 20.3 Å². The Bertz CT molecular complexity index is 586. The molecular weight excluding hydrogens is 364 g/mol. The highest BCUT2D eigenvalue weighted by molar-refractivity contribution is 14.1. The molecule has 1 nitrogen and oxygen atoms in total. The average Bonchev–Trinajstić information content (AvgIpc) is 2.35. The fourth-order valence-electron chi connectivity index (χ4n) is 1.83. The number of benzene rings is 2. The van der Waals surface area contributed by atoms with Crippen LogP contribution in [0.5, 0.6) is 0 Å². The van der Waals surface area contributed by atoms with Gasteiger partial charge in [-0.05, 0) is 70.5 Å². The molecule has 2 rings (SSSR count). The van der Waals surface area contributed by atoms with Gasteiger partial charge in [-0.1, -0.05) is 23.7 Å². The lowest BCUT2D eigenvalue weighted by Crippen LogP contribution is -2.13. The van der Waals surface area contributed by atoms with Crippen LogP contribution in [0.1, 0.15) is 22.7 Å². The summed E-state index contributed by atoms with van der Waals surface area (Å²) in [5.74, 6) is -0.275. The Morgan fingerprint density at radius 3 is 2.61 bits per heavy atom. The van der Waals surface area contributed by atoms with Crippen LogP contribution in [-0.2, 0) is 0 Å². The van der Waals surface area contributed by atoms with Crippen LogP contribution in [0.25, 0.3) is 0 Å². The Balaban J connectivity index is 2.44. The fourth-order valence-corrected chi connectivity index (χ4v) is 2.36. The fraction of sp³-hybridized carbons (Fsp3) is 0.143. The molecule has 4 heteroatoms. The molecule has 0 aromatic heterocycles. The first-order valence-corrected chi connectivity index (χ1v) is 6.91. The summed E-state index contributed by atoms with van der Waals surface area (Å²) in [5.41, 5.74) is 8.82. The third-order valence-electron chi connectivity index (χ3n) is 2.88. The molecule has 1 atom stereocenters. The van der Waals surface area contributed by atoms with Gasteiger partial charge in [-0.25, -0.2) is 4.39 Å². The average molecular weight is 376 g/mol. The van der Waals surface area contributed by atoms with E-state index in [-0.39, 0.29) is 11.9 Å². The van der Waals surface area contributed by atoms with Gasteiger partial charge in [-0.3, -0.25) is 0 Å². The van der Waals surface area contributed by atoms with Crippen LogP contribution in [0.15, 0.2) is 36.4 Å². The van der Waals surface area contributed by atoms with Crippen molar-refractivity contribution < 1.29 is 4.39 Å². The number of aryl methyl sites for hydroxylation is 1. The summed E-state index contributed by atoms with van der Waals surface area (Å²) >= 11 is 8.24. The van der Waals surface area contributed by atoms with Gasteiger partial charge in [-0.2, -0.15) is 0 Å². The van der Waals surface area contributed by atoms with Gasteiger partial charge in [0.05, 0.1) is 11.1 Å². The molecule has 0 heterocycles. The molecule has 0 amide bonds. The van der Waals surface area contributed by atoms with E-state index in [2.05, 4.69) is 22.6 Å². The molecule has 0 bridgehead atoms. The van der Waals surface area contributed by atoms with Gasteiger partial charge in [0, 0.05) is 3.57 Å². The van der Waals surface area contributed by atoms with Crippen molar-refractivity contribution >= 4 is 34.2 Å². The maximum atomic E-state index is 13.3. The minimum Gasteiger partial charge on any atom is -0.320 e. The molecule has 0 aliphatic heterocycles. The number of halogens is 3. The van der Waals surface area contributed by atoms with Crippen LogP contribution in [0, 0.1) is 16.3 Å². The largest absolute Gasteiger partial charge is 0.320 e. The molecule has 0 aliphatic carbocycles. The van der Waals surface area contributed by atoms with Crippen molar-refractivity contribution in [2.45, 2.75) is 13.0 Å². The second-order valence-electron chi connectivity index (χ2n) is 4.15. The summed E-state index contributed by atoms with van der Waals surface area (Å²) < 4.78 is 14.3. The van der Waals surface area contributed by atoms with E-state index >= 15 is 0 Å². The third-order valence-corrected chi connectivity index (χ3v) is 4.45. The standard InChI is InChI=1S/C14H12ClFIN/c1-8-2-4-10(16)7-11(8)14(18)9-3-5-13(17)12(15)6-9/h2-7,14H,18H2,1H3. The quantitative estimate of drug-likeness (QED) is 0.772. The highest BCUT2D eigenvalue weighted by Gasteiger charge is 2.13. The Hall–Kier alpha value is -0.650. The van der Waals surface area contributed by atoms with Crippen LogP contribution in [-0.4, -0.2) is 0 Å². The van der Waals surface area contributed by atoms with Crippen molar-refractivity contribution in [3.05, 3.63) is 67.5 Å². The summed E-state index contributed by atoms with van der Waals surface area (Å²) in [6.45, 7) is 1.92. The Morgan fingerprint density at radius 1 is 1.22 bits per heavy atom. The molecule has 0 radical (unpaired) electrons. The second kappa shape index (κ2) is 5.55. The summed E-state index contributed by atoms with van der Waals surface area (Å²) in [6.07, 6.45) is 0. The van der Waals surface area contributed by atoms with E-state index in [4.69, 9.17) is 17.3 Å². The first-order chi connectivity index (χ1) is 8.49. The van der Waals surface area contributed by atoms with Gasteiger partial charge in [0.2, 0.25) is 0 Å². The lowest BCUT2D eigenvalue weighted by molar-refractivity contribution is 0.622. The van der Waals surface area contributed by atoms with Gasteiger partial charge in [0.15, 0.2) is 0 Å². The molecule has 0 aliphatic rings. The van der Waals surface area contributed by atoms with Crippen LogP contribution in [0.3, 0.4) is 0 Å². The van der Waals surface area contributed by atoms with Crippen molar-refractivity contribution in [1.82, 2.24) is 0 Å². The van der Waals surface area contributed by atoms with Gasteiger partial charge < -0.3 is 5.73 Å². The first-order valence-electron chi connectivity index (χ1n) is 5.45. The molecule has 0 spiro atoms. The monoisotopic (exact) mass is 375 g/mol. The van der Waals surface area contributed by atoms with Crippen molar-refractivity contribution in [3.8, 4) is 0 Å². The minimum absolute atomic E-state index is 0.275. The molecule has 2 N–H and O–H groups in total. The normalized spacial score (nSPS) is 12.5. The van der Waals surface area contributed by atoms with Crippen molar-refractivity contribution in [3.63, 3.8) is 0 Å². The molecule has 0 saturated heterocycles. The predicted octanol–water partition coefficient (Wildman–Crippen LogP) is 4.44. The summed E-state index contributed by atoms with van der Waals surface area (Å²) in [6, 6.07) is 9.94. The van der Waals surface area contributed by atoms with Crippen molar-refractivity contribution in [2.24, 2.45) is 5.73 Å². The molecule has 94 valence electrons. The van der Waals surface area contributed by atoms with E-state index in [1.807, 2.05) is 25.1 Å². The highest BCUT2D eigenvalue weighted by atomic mass is 127. The van der Waals surface area contributed by atoms with Gasteiger partial charge in [0.1, 0.15) is 5.82 Å². The number of hydrogen-bond donors (Lipinski definition) is 1. The molecule has 0 saturated carbocycles.